The van der Waals surface area contributed by atoms with Gasteiger partial charge >= 0.3 is 6.03 Å². The van der Waals surface area contributed by atoms with Gasteiger partial charge in [-0.2, -0.15) is 11.8 Å². The van der Waals surface area contributed by atoms with Gasteiger partial charge in [-0.05, 0) is 66.3 Å². The third-order valence-corrected chi connectivity index (χ3v) is 10.9. The zero-order valence-electron chi connectivity index (χ0n) is 26.2. The molecule has 5 N–H and O–H groups in total. The Morgan fingerprint density at radius 2 is 1.67 bits per heavy atom. The van der Waals surface area contributed by atoms with Gasteiger partial charge < -0.3 is 26.6 Å². The molecule has 1 saturated heterocycles. The Balaban J connectivity index is 1.52. The van der Waals surface area contributed by atoms with E-state index in [9.17, 15) is 24.0 Å². The number of Topliss-reactive ketones (excluding diaryl/α,β-unsaturated/α-hetero) is 1. The van der Waals surface area contributed by atoms with E-state index in [0.717, 1.165) is 57.1 Å². The molecular formula is C31H51N5O5S. The van der Waals surface area contributed by atoms with Crippen LogP contribution in [0.5, 0.6) is 0 Å². The average Bonchev–Trinajstić information content (AvgIpc) is 3.76. The summed E-state index contributed by atoms with van der Waals surface area (Å²) in [6, 6.07) is -2.99. The molecule has 4 fully saturated rings. The molecular weight excluding hydrogens is 554 g/mol. The summed E-state index contributed by atoms with van der Waals surface area (Å²) in [5.41, 5.74) is 4.27. The minimum Gasteiger partial charge on any atom is -0.363 e. The summed E-state index contributed by atoms with van der Waals surface area (Å²) in [4.78, 5) is 67.4. The van der Waals surface area contributed by atoms with E-state index in [0.29, 0.717) is 13.0 Å². The van der Waals surface area contributed by atoms with Gasteiger partial charge in [0.25, 0.3) is 5.91 Å². The second-order valence-corrected chi connectivity index (χ2v) is 15.8. The molecule has 2 unspecified atom stereocenters. The van der Waals surface area contributed by atoms with Crippen molar-refractivity contribution in [2.75, 3.05) is 18.6 Å². The number of amides is 5. The van der Waals surface area contributed by atoms with Gasteiger partial charge in [0.1, 0.15) is 12.1 Å². The van der Waals surface area contributed by atoms with Crippen molar-refractivity contribution < 1.29 is 24.0 Å². The molecule has 1 heterocycles. The fourth-order valence-corrected chi connectivity index (χ4v) is 7.94. The van der Waals surface area contributed by atoms with Gasteiger partial charge in [-0.15, -0.1) is 0 Å². The molecule has 5 amide bonds. The average molecular weight is 606 g/mol. The second-order valence-electron chi connectivity index (χ2n) is 14.8. The number of hydrogen-bond acceptors (Lipinski definition) is 6. The highest BCUT2D eigenvalue weighted by Gasteiger charge is 2.70. The fourth-order valence-electron chi connectivity index (χ4n) is 7.35. The van der Waals surface area contributed by atoms with Crippen LogP contribution < -0.4 is 21.7 Å². The van der Waals surface area contributed by atoms with Crippen molar-refractivity contribution in [1.29, 1.82) is 0 Å². The quantitative estimate of drug-likeness (QED) is 0.251. The number of carbonyl (C=O) groups excluding carboxylic acids is 5. The first-order valence-electron chi connectivity index (χ1n) is 15.6. The smallest absolute Gasteiger partial charge is 0.315 e. The summed E-state index contributed by atoms with van der Waals surface area (Å²) in [6.45, 7) is 10.3. The van der Waals surface area contributed by atoms with E-state index >= 15 is 0 Å². The molecule has 0 bridgehead atoms. The van der Waals surface area contributed by atoms with Crippen molar-refractivity contribution in [3.8, 4) is 0 Å². The van der Waals surface area contributed by atoms with Gasteiger partial charge in [0.05, 0.1) is 6.04 Å². The van der Waals surface area contributed by atoms with Crippen LogP contribution in [0, 0.1) is 28.6 Å². The lowest BCUT2D eigenvalue weighted by Crippen LogP contribution is -2.63. The Labute approximate surface area is 254 Å². The number of carbonyl (C=O) groups is 5. The van der Waals surface area contributed by atoms with Crippen molar-refractivity contribution in [2.24, 2.45) is 34.3 Å². The van der Waals surface area contributed by atoms with Gasteiger partial charge in [-0.1, -0.05) is 66.7 Å². The molecule has 0 aromatic heterocycles. The minimum atomic E-state index is -1.07. The van der Waals surface area contributed by atoms with Crippen LogP contribution in [0.15, 0.2) is 0 Å². The Hall–Kier alpha value is -2.30. The maximum absolute atomic E-state index is 14.2. The molecule has 236 valence electrons. The van der Waals surface area contributed by atoms with E-state index in [1.807, 2.05) is 20.8 Å². The number of nitrogens with one attached hydrogen (secondary N) is 3. The Bertz CT molecular complexity index is 1080. The molecule has 0 aromatic carbocycles. The van der Waals surface area contributed by atoms with E-state index in [2.05, 4.69) is 36.1 Å². The summed E-state index contributed by atoms with van der Waals surface area (Å²) < 4.78 is 0. The normalized spacial score (nSPS) is 27.3. The number of rotatable bonds is 12. The van der Waals surface area contributed by atoms with Crippen LogP contribution in [-0.4, -0.2) is 76.7 Å². The maximum Gasteiger partial charge on any atom is 0.315 e. The van der Waals surface area contributed by atoms with E-state index in [1.165, 1.54) is 0 Å². The number of fused-ring (bicyclic) bond motifs is 1. The second kappa shape index (κ2) is 12.4. The standard InChI is InChI=1S/C31H51N5O5S/c1-29(2,3)24(34-28(41)35-31(14-15-42-6)12-8-7-9-13-31)27(40)36-17-19-21(30(19,4)5)22(36)26(39)33-20(16-18-10-11-18)23(37)25(32)38/h18-22,24H,7-17H2,1-6H3,(H2,32,38)(H,33,39)(H2,34,35,41)/t19?,20?,21-,22-,24+/m0/s1. The highest BCUT2D eigenvalue weighted by molar-refractivity contribution is 7.98. The van der Waals surface area contributed by atoms with Gasteiger partial charge in [0.2, 0.25) is 17.6 Å². The zero-order chi connectivity index (χ0) is 31.0. The number of hydrogen-bond donors (Lipinski definition) is 4. The number of piperidine rings is 1. The number of urea groups is 1. The molecule has 0 aromatic rings. The first-order chi connectivity index (χ1) is 19.6. The zero-order valence-corrected chi connectivity index (χ0v) is 27.0. The van der Waals surface area contributed by atoms with Crippen molar-refractivity contribution >= 4 is 41.3 Å². The lowest BCUT2D eigenvalue weighted by molar-refractivity contribution is -0.145. The third kappa shape index (κ3) is 7.08. The molecule has 0 radical (unpaired) electrons. The summed E-state index contributed by atoms with van der Waals surface area (Å²) >= 11 is 1.76. The van der Waals surface area contributed by atoms with E-state index < -0.39 is 41.1 Å². The van der Waals surface area contributed by atoms with Crippen LogP contribution in [0.2, 0.25) is 0 Å². The number of thioether (sulfide) groups is 1. The van der Waals surface area contributed by atoms with Crippen LogP contribution in [0.1, 0.15) is 92.4 Å². The number of nitrogens with two attached hydrogens (primary N) is 1. The topological polar surface area (TPSA) is 151 Å². The molecule has 4 aliphatic rings. The molecule has 11 heteroatoms. The SMILES string of the molecule is CSCCC1(NC(=O)N[C@H](C(=O)N2CC3[C@@H]([C@H]2C(=O)NC(CC2CC2)C(=O)C(N)=O)C3(C)C)C(C)(C)C)CCCCC1. The van der Waals surface area contributed by atoms with Crippen LogP contribution >= 0.6 is 11.8 Å². The van der Waals surface area contributed by atoms with Gasteiger partial charge in [0.15, 0.2) is 0 Å². The molecule has 5 atom stereocenters. The van der Waals surface area contributed by atoms with Crippen LogP contribution in [-0.2, 0) is 19.2 Å². The lowest BCUT2D eigenvalue weighted by Gasteiger charge is -2.41. The van der Waals surface area contributed by atoms with Crippen LogP contribution in [0.25, 0.3) is 0 Å². The molecule has 0 spiro atoms. The summed E-state index contributed by atoms with van der Waals surface area (Å²) in [6.07, 6.45) is 10.4. The summed E-state index contributed by atoms with van der Waals surface area (Å²) in [5, 5.41) is 9.07. The predicted octanol–water partition coefficient (Wildman–Crippen LogP) is 2.98. The monoisotopic (exact) mass is 605 g/mol. The summed E-state index contributed by atoms with van der Waals surface area (Å²) in [5.74, 6) is -1.31. The number of nitrogens with zero attached hydrogens (tertiary/aromatic N) is 1. The molecule has 42 heavy (non-hydrogen) atoms. The maximum atomic E-state index is 14.2. The fraction of sp³-hybridized carbons (Fsp3) is 0.839. The lowest BCUT2D eigenvalue weighted by atomic mass is 9.79. The highest BCUT2D eigenvalue weighted by atomic mass is 32.2. The van der Waals surface area contributed by atoms with Crippen molar-refractivity contribution in [3.05, 3.63) is 0 Å². The Morgan fingerprint density at radius 3 is 2.21 bits per heavy atom. The molecule has 3 aliphatic carbocycles. The third-order valence-electron chi connectivity index (χ3n) is 10.3. The van der Waals surface area contributed by atoms with E-state index in [-0.39, 0.29) is 40.6 Å². The Morgan fingerprint density at radius 1 is 1.02 bits per heavy atom. The molecule has 3 saturated carbocycles. The van der Waals surface area contributed by atoms with Crippen molar-refractivity contribution in [1.82, 2.24) is 20.9 Å². The van der Waals surface area contributed by atoms with Gasteiger partial charge in [0, 0.05) is 12.1 Å². The number of ketones is 1. The van der Waals surface area contributed by atoms with Crippen molar-refractivity contribution in [2.45, 2.75) is 116 Å². The minimum absolute atomic E-state index is 0.0711. The van der Waals surface area contributed by atoms with Crippen LogP contribution in [0.4, 0.5) is 4.79 Å². The number of likely N-dealkylation sites (tertiary alicyclic amines) is 1. The first-order valence-corrected chi connectivity index (χ1v) is 17.0. The highest BCUT2D eigenvalue weighted by Crippen LogP contribution is 2.65. The molecule has 1 aliphatic heterocycles. The Kier molecular flexibility index (Phi) is 9.60. The van der Waals surface area contributed by atoms with E-state index in [1.54, 1.807) is 16.7 Å². The summed E-state index contributed by atoms with van der Waals surface area (Å²) in [7, 11) is 0. The van der Waals surface area contributed by atoms with Crippen LogP contribution in [0.3, 0.4) is 0 Å². The van der Waals surface area contributed by atoms with Gasteiger partial charge in [-0.3, -0.25) is 19.2 Å². The number of primary amides is 1. The largest absolute Gasteiger partial charge is 0.363 e. The van der Waals surface area contributed by atoms with E-state index in [4.69, 9.17) is 5.73 Å². The first kappa shape index (κ1) is 32.6. The molecule has 10 nitrogen and oxygen atoms in total. The predicted molar refractivity (Wildman–Crippen MR) is 163 cm³/mol. The van der Waals surface area contributed by atoms with Gasteiger partial charge in [-0.25, -0.2) is 4.79 Å². The molecule has 4 rings (SSSR count). The van der Waals surface area contributed by atoms with Crippen molar-refractivity contribution in [3.63, 3.8) is 0 Å².